The number of sulfone groups is 1. The van der Waals surface area contributed by atoms with Crippen LogP contribution in [0.5, 0.6) is 17.2 Å². The van der Waals surface area contributed by atoms with E-state index in [0.717, 1.165) is 41.3 Å². The topological polar surface area (TPSA) is 414 Å². The fourth-order valence-corrected chi connectivity index (χ4v) is 9.02. The van der Waals surface area contributed by atoms with Crippen molar-refractivity contribution in [1.82, 2.24) is 15.0 Å². The number of ether oxygens (including phenoxy) is 1. The first-order valence-electron chi connectivity index (χ1n) is 17.0. The van der Waals surface area contributed by atoms with Crippen LogP contribution in [-0.4, -0.2) is 124 Å². The third-order valence-corrected chi connectivity index (χ3v) is 13.3. The third-order valence-electron chi connectivity index (χ3n) is 8.29. The average molecular weight is 1030 g/mol. The summed E-state index contributed by atoms with van der Waals surface area (Å²) in [6.07, 6.45) is -1.50. The molecule has 34 heteroatoms. The van der Waals surface area contributed by atoms with Gasteiger partial charge in [-0.2, -0.15) is 53.0 Å². The van der Waals surface area contributed by atoms with E-state index >= 15 is 0 Å². The standard InChI is InChI=1S/C31H29ClFN9O18S5/c1-42(7-9-61(45,46)10-8-60-65(56,57)58)31-36-29(33)35-30(37-31)34-20-6-4-16-17(28(20)64(53,54)55)12-25(63(50,51)52)26(27(16)44)41-40-22-14-24(59-2)18(32)13-21(22)39-38-19-5-3-15(11-23(19)43)62(47,48)49/h3-6,11-14,43-44H,7-10H2,1-2H3,(H,47,48,49)(H,50,51,52)(H,53,54,55)(H,56,57,58)(H,34,35,36,37). The Balaban J connectivity index is 1.56. The van der Waals surface area contributed by atoms with E-state index in [1.54, 1.807) is 0 Å². The molecule has 27 nitrogen and oxygen atoms in total. The van der Waals surface area contributed by atoms with E-state index in [-0.39, 0.29) is 27.8 Å². The molecule has 1 aromatic heterocycles. The number of methoxy groups -OCH3 is 1. The van der Waals surface area contributed by atoms with Gasteiger partial charge in [0.05, 0.1) is 40.8 Å². The quantitative estimate of drug-likeness (QED) is 0.0477. The molecular weight excluding hydrogens is 1000 g/mol. The normalized spacial score (nSPS) is 12.9. The van der Waals surface area contributed by atoms with Gasteiger partial charge in [0.2, 0.25) is 11.9 Å². The highest BCUT2D eigenvalue weighted by Gasteiger charge is 2.29. The summed E-state index contributed by atoms with van der Waals surface area (Å²) >= 11 is 6.23. The third kappa shape index (κ3) is 12.7. The first-order valence-corrected chi connectivity index (χ1v) is 24.9. The van der Waals surface area contributed by atoms with Crippen molar-refractivity contribution in [3.8, 4) is 17.2 Å². The van der Waals surface area contributed by atoms with Gasteiger partial charge in [-0.1, -0.05) is 11.6 Å². The monoisotopic (exact) mass is 1030 g/mol. The fraction of sp³-hybridized carbons (Fsp3) is 0.194. The van der Waals surface area contributed by atoms with Gasteiger partial charge in [0.15, 0.2) is 15.6 Å². The smallest absolute Gasteiger partial charge is 0.397 e. The predicted molar refractivity (Wildman–Crippen MR) is 222 cm³/mol. The van der Waals surface area contributed by atoms with Gasteiger partial charge in [-0.25, -0.2) is 12.6 Å². The summed E-state index contributed by atoms with van der Waals surface area (Å²) in [5.41, 5.74) is -2.66. The van der Waals surface area contributed by atoms with E-state index in [2.05, 4.69) is 44.9 Å². The molecule has 0 atom stereocenters. The van der Waals surface area contributed by atoms with Crippen molar-refractivity contribution in [2.75, 3.05) is 49.0 Å². The number of nitrogens with one attached hydrogen (secondary N) is 1. The molecule has 0 saturated heterocycles. The maximum absolute atomic E-state index is 14.7. The SMILES string of the molecule is COc1cc(N=Nc2c(S(=O)(=O)O)cc3c(S(=O)(=O)O)c(Nc4nc(F)nc(N(C)CCS(=O)(=O)CCOS(=O)(=O)O)n4)ccc3c2O)c(N=Nc2ccc(S(=O)(=O)O)cc2O)cc1Cl. The van der Waals surface area contributed by atoms with Crippen LogP contribution < -0.4 is 15.0 Å². The lowest BCUT2D eigenvalue weighted by Gasteiger charge is -2.18. The Labute approximate surface area is 371 Å². The van der Waals surface area contributed by atoms with Gasteiger partial charge in [0.25, 0.3) is 30.4 Å². The number of halogens is 2. The molecule has 0 unspecified atom stereocenters. The summed E-state index contributed by atoms with van der Waals surface area (Å²) in [5.74, 6) is -4.83. The van der Waals surface area contributed by atoms with Gasteiger partial charge in [-0.3, -0.25) is 18.2 Å². The molecule has 5 rings (SSSR count). The highest BCUT2D eigenvalue weighted by molar-refractivity contribution is 7.91. The number of aromatic nitrogens is 3. The van der Waals surface area contributed by atoms with Crippen molar-refractivity contribution in [2.45, 2.75) is 14.7 Å². The van der Waals surface area contributed by atoms with Crippen LogP contribution in [-0.2, 0) is 54.8 Å². The Morgan fingerprint density at radius 3 is 2.00 bits per heavy atom. The zero-order chi connectivity index (χ0) is 48.4. The molecule has 0 aliphatic heterocycles. The molecule has 0 amide bonds. The van der Waals surface area contributed by atoms with E-state index in [1.807, 2.05) is 0 Å². The Hall–Kier alpha value is -5.88. The van der Waals surface area contributed by atoms with Crippen LogP contribution in [0.1, 0.15) is 0 Å². The van der Waals surface area contributed by atoms with Crippen LogP contribution in [0, 0.1) is 6.08 Å². The summed E-state index contributed by atoms with van der Waals surface area (Å²) in [6.45, 7) is -1.36. The summed E-state index contributed by atoms with van der Waals surface area (Å²) in [7, 11) is -22.2. The Bertz CT molecular complexity index is 3370. The highest BCUT2D eigenvalue weighted by Crippen LogP contribution is 2.46. The van der Waals surface area contributed by atoms with Gasteiger partial charge in [0.1, 0.15) is 44.0 Å². The molecule has 65 heavy (non-hydrogen) atoms. The van der Waals surface area contributed by atoms with E-state index in [0.29, 0.717) is 12.1 Å². The van der Waals surface area contributed by atoms with Crippen molar-refractivity contribution >= 4 is 113 Å². The Morgan fingerprint density at radius 2 is 1.40 bits per heavy atom. The number of rotatable bonds is 18. The second-order valence-corrected chi connectivity index (χ2v) is 20.7. The molecule has 5 aromatic rings. The van der Waals surface area contributed by atoms with Crippen LogP contribution in [0.15, 0.2) is 83.7 Å². The number of nitrogens with zero attached hydrogens (tertiary/aromatic N) is 8. The predicted octanol–water partition coefficient (Wildman–Crippen LogP) is 4.22. The first-order chi connectivity index (χ1) is 30.0. The molecule has 0 radical (unpaired) electrons. The van der Waals surface area contributed by atoms with Crippen molar-refractivity contribution < 1.29 is 83.8 Å². The van der Waals surface area contributed by atoms with E-state index < -0.39 is 142 Å². The van der Waals surface area contributed by atoms with E-state index in [4.69, 9.17) is 20.9 Å². The molecule has 0 aliphatic rings. The van der Waals surface area contributed by atoms with Crippen LogP contribution in [0.2, 0.25) is 5.02 Å². The van der Waals surface area contributed by atoms with Crippen molar-refractivity contribution in [3.63, 3.8) is 0 Å². The lowest BCUT2D eigenvalue weighted by atomic mass is 10.1. The van der Waals surface area contributed by atoms with Gasteiger partial charge in [-0.05, 0) is 36.4 Å². The van der Waals surface area contributed by atoms with Gasteiger partial charge < -0.3 is 25.2 Å². The average Bonchev–Trinajstić information content (AvgIpc) is 3.17. The molecule has 0 aliphatic carbocycles. The number of phenolic OH excluding ortho intramolecular Hbond substituents is 2. The maximum atomic E-state index is 14.7. The number of benzene rings is 4. The summed E-state index contributed by atoms with van der Waals surface area (Å²) < 4.78 is 182. The summed E-state index contributed by atoms with van der Waals surface area (Å²) in [6, 6.07) is 7.06. The number of azo groups is 2. The molecule has 0 spiro atoms. The van der Waals surface area contributed by atoms with Crippen LogP contribution >= 0.6 is 11.6 Å². The summed E-state index contributed by atoms with van der Waals surface area (Å²) in [5, 5.41) is 37.8. The van der Waals surface area contributed by atoms with Gasteiger partial charge in [0, 0.05) is 36.5 Å². The zero-order valence-corrected chi connectivity index (χ0v) is 37.2. The minimum absolute atomic E-state index is 0.0673. The fourth-order valence-electron chi connectivity index (χ4n) is 5.30. The first kappa shape index (κ1) is 50.1. The number of hydrogen-bond donors (Lipinski definition) is 7. The number of fused-ring (bicyclic) bond motifs is 1. The zero-order valence-electron chi connectivity index (χ0n) is 32.4. The van der Waals surface area contributed by atoms with E-state index in [9.17, 15) is 70.4 Å². The highest BCUT2D eigenvalue weighted by atomic mass is 35.5. The largest absolute Gasteiger partial charge is 0.506 e. The minimum Gasteiger partial charge on any atom is -0.506 e. The number of phenols is 2. The Morgan fingerprint density at radius 1 is 0.754 bits per heavy atom. The number of anilines is 3. The lowest BCUT2D eigenvalue weighted by Crippen LogP contribution is -2.29. The van der Waals surface area contributed by atoms with Crippen LogP contribution in [0.4, 0.5) is 44.7 Å². The van der Waals surface area contributed by atoms with Crippen LogP contribution in [0.3, 0.4) is 0 Å². The van der Waals surface area contributed by atoms with Crippen molar-refractivity contribution in [2.24, 2.45) is 20.5 Å². The van der Waals surface area contributed by atoms with Crippen molar-refractivity contribution in [3.05, 3.63) is 59.6 Å². The lowest BCUT2D eigenvalue weighted by molar-refractivity contribution is 0.284. The molecule has 1 heterocycles. The molecule has 0 bridgehead atoms. The minimum atomic E-state index is -5.49. The molecule has 350 valence electrons. The summed E-state index contributed by atoms with van der Waals surface area (Å²) in [4.78, 5) is 8.57. The van der Waals surface area contributed by atoms with Crippen LogP contribution in [0.25, 0.3) is 10.8 Å². The molecule has 0 saturated carbocycles. The Kier molecular flexibility index (Phi) is 14.6. The molecule has 4 aromatic carbocycles. The van der Waals surface area contributed by atoms with Gasteiger partial charge in [-0.15, -0.1) is 20.5 Å². The molecule has 7 N–H and O–H groups in total. The maximum Gasteiger partial charge on any atom is 0.397 e. The van der Waals surface area contributed by atoms with E-state index in [1.165, 1.54) is 14.2 Å². The second-order valence-electron chi connectivity index (χ2n) is 12.7. The second kappa shape index (κ2) is 18.9. The number of aromatic hydroxyl groups is 2. The molecular formula is C31H29ClFN9O18S5. The molecule has 0 fully saturated rings. The van der Waals surface area contributed by atoms with Gasteiger partial charge >= 0.3 is 16.5 Å². The number of hydrogen-bond acceptors (Lipinski definition) is 23. The van der Waals surface area contributed by atoms with Crippen molar-refractivity contribution in [1.29, 1.82) is 0 Å².